The van der Waals surface area contributed by atoms with Crippen molar-refractivity contribution in [3.63, 3.8) is 0 Å². The second-order valence-corrected chi connectivity index (χ2v) is 10.3. The fourth-order valence-corrected chi connectivity index (χ4v) is 5.21. The molecule has 6 rings (SSSR count). The fourth-order valence-electron chi connectivity index (χ4n) is 5.21. The van der Waals surface area contributed by atoms with Crippen LogP contribution in [0.15, 0.2) is 145 Å². The van der Waals surface area contributed by atoms with E-state index < -0.39 is 6.10 Å². The highest BCUT2D eigenvalue weighted by Gasteiger charge is 2.39. The summed E-state index contributed by atoms with van der Waals surface area (Å²) in [6.45, 7) is 0.420. The van der Waals surface area contributed by atoms with Gasteiger partial charge in [-0.05, 0) is 66.1 Å². The van der Waals surface area contributed by atoms with Crippen molar-refractivity contribution in [1.82, 2.24) is 4.90 Å². The molecule has 43 heavy (non-hydrogen) atoms. The molecule has 1 atom stereocenters. The summed E-state index contributed by atoms with van der Waals surface area (Å²) in [5.74, 6) is -0.141. The normalized spacial score (nSPS) is 15.3. The van der Waals surface area contributed by atoms with Crippen LogP contribution in [0.25, 0.3) is 0 Å². The number of carbonyl (C=O) groups is 2. The molecule has 6 heteroatoms. The number of para-hydroxylation sites is 3. The van der Waals surface area contributed by atoms with Gasteiger partial charge >= 0.3 is 0 Å². The van der Waals surface area contributed by atoms with Crippen LogP contribution in [-0.2, 0) is 22.4 Å². The lowest BCUT2D eigenvalue weighted by Crippen LogP contribution is -2.34. The smallest absolute Gasteiger partial charge is 0.300 e. The lowest BCUT2D eigenvalue weighted by atomic mass is 10.1. The van der Waals surface area contributed by atoms with E-state index in [1.165, 1.54) is 0 Å². The van der Waals surface area contributed by atoms with Crippen LogP contribution in [-0.4, -0.2) is 35.8 Å². The van der Waals surface area contributed by atoms with Crippen LogP contribution in [0.3, 0.4) is 0 Å². The summed E-state index contributed by atoms with van der Waals surface area (Å²) in [6, 6.07) is 45.9. The van der Waals surface area contributed by atoms with Crippen LogP contribution < -0.4 is 4.90 Å². The molecule has 0 aliphatic carbocycles. The van der Waals surface area contributed by atoms with Crippen molar-refractivity contribution in [2.45, 2.75) is 18.9 Å². The largest absolute Gasteiger partial charge is 0.451 e. The van der Waals surface area contributed by atoms with Crippen molar-refractivity contribution in [2.24, 2.45) is 4.99 Å². The van der Waals surface area contributed by atoms with Crippen LogP contribution in [0, 0.1) is 0 Å². The van der Waals surface area contributed by atoms with Crippen molar-refractivity contribution < 1.29 is 14.3 Å². The summed E-state index contributed by atoms with van der Waals surface area (Å²) in [7, 11) is 0. The van der Waals surface area contributed by atoms with E-state index in [9.17, 15) is 9.59 Å². The Morgan fingerprint density at radius 2 is 1.23 bits per heavy atom. The van der Waals surface area contributed by atoms with Gasteiger partial charge < -0.3 is 9.64 Å². The van der Waals surface area contributed by atoms with Gasteiger partial charge in [0.25, 0.3) is 11.9 Å². The molecule has 5 aromatic rings. The molecular weight excluding hydrogens is 534 g/mol. The lowest BCUT2D eigenvalue weighted by Gasteiger charge is -2.25. The van der Waals surface area contributed by atoms with Crippen molar-refractivity contribution in [3.8, 4) is 0 Å². The van der Waals surface area contributed by atoms with Gasteiger partial charge in [-0.3, -0.25) is 14.5 Å². The predicted octanol–water partition coefficient (Wildman–Crippen LogP) is 7.67. The Hall–Kier alpha value is -5.49. The second kappa shape index (κ2) is 13.0. The Balaban J connectivity index is 1.25. The maximum atomic E-state index is 13.7. The number of anilines is 3. The van der Waals surface area contributed by atoms with Crippen molar-refractivity contribution >= 4 is 41.0 Å². The van der Waals surface area contributed by atoms with Crippen molar-refractivity contribution in [2.75, 3.05) is 11.4 Å². The maximum absolute atomic E-state index is 13.7. The van der Waals surface area contributed by atoms with Crippen molar-refractivity contribution in [1.29, 1.82) is 0 Å². The first-order valence-corrected chi connectivity index (χ1v) is 14.3. The minimum atomic E-state index is -0.719. The first-order valence-electron chi connectivity index (χ1n) is 14.3. The van der Waals surface area contributed by atoms with E-state index in [0.717, 1.165) is 34.5 Å². The van der Waals surface area contributed by atoms with E-state index in [4.69, 9.17) is 4.74 Å². The molecule has 1 fully saturated rings. The zero-order valence-electron chi connectivity index (χ0n) is 23.6. The molecule has 1 saturated heterocycles. The molecule has 0 N–H and O–H groups in total. The van der Waals surface area contributed by atoms with Gasteiger partial charge in [0.1, 0.15) is 0 Å². The number of hydrogen-bond acceptors (Lipinski definition) is 5. The summed E-state index contributed by atoms with van der Waals surface area (Å²) in [4.78, 5) is 33.7. The Labute approximate surface area is 251 Å². The summed E-state index contributed by atoms with van der Waals surface area (Å²) in [5.41, 5.74) is 6.12. The predicted molar refractivity (Wildman–Crippen MR) is 170 cm³/mol. The number of amides is 1. The monoisotopic (exact) mass is 565 g/mol. The fraction of sp³-hybridized carbons (Fsp3) is 0.108. The number of carbonyl (C=O) groups excluding carboxylic acids is 2. The number of aldehydes is 1. The number of amidine groups is 1. The van der Waals surface area contributed by atoms with Crippen LogP contribution in [0.2, 0.25) is 0 Å². The molecule has 1 unspecified atom stereocenters. The van der Waals surface area contributed by atoms with Gasteiger partial charge in [-0.25, -0.2) is 0 Å². The van der Waals surface area contributed by atoms with E-state index in [1.54, 1.807) is 23.1 Å². The third-order valence-corrected chi connectivity index (χ3v) is 7.41. The zero-order valence-corrected chi connectivity index (χ0v) is 23.6. The van der Waals surface area contributed by atoms with Crippen LogP contribution in [0.5, 0.6) is 0 Å². The van der Waals surface area contributed by atoms with Crippen LogP contribution >= 0.6 is 0 Å². The van der Waals surface area contributed by atoms with Crippen LogP contribution in [0.1, 0.15) is 21.5 Å². The molecule has 1 heterocycles. The number of nitrogens with zero attached hydrogens (tertiary/aromatic N) is 3. The topological polar surface area (TPSA) is 62.2 Å². The highest BCUT2D eigenvalue weighted by molar-refractivity contribution is 6.03. The Morgan fingerprint density at radius 1 is 0.674 bits per heavy atom. The molecule has 0 spiro atoms. The Morgan fingerprint density at radius 3 is 1.86 bits per heavy atom. The van der Waals surface area contributed by atoms with Gasteiger partial charge in [-0.15, -0.1) is 0 Å². The van der Waals surface area contributed by atoms with Gasteiger partial charge in [0.15, 0.2) is 12.4 Å². The number of ether oxygens (including phenoxy) is 1. The van der Waals surface area contributed by atoms with E-state index in [2.05, 4.69) is 46.3 Å². The number of rotatable bonds is 10. The average molecular weight is 566 g/mol. The first-order chi connectivity index (χ1) is 21.2. The van der Waals surface area contributed by atoms with Gasteiger partial charge in [0, 0.05) is 35.6 Å². The SMILES string of the molecule is O=Cc1ccccc1N=C1OC(Cc2ccc(N(c3ccccc3)c3ccccc3)cc2)C(=O)N1CCc1ccccc1. The van der Waals surface area contributed by atoms with E-state index in [1.807, 2.05) is 84.9 Å². The number of aliphatic imine (C=N–C) groups is 1. The molecule has 5 aromatic carbocycles. The molecule has 212 valence electrons. The zero-order chi connectivity index (χ0) is 29.4. The lowest BCUT2D eigenvalue weighted by molar-refractivity contribution is -0.129. The molecule has 1 aliphatic rings. The van der Waals surface area contributed by atoms with Gasteiger partial charge in [-0.1, -0.05) is 91.0 Å². The minimum Gasteiger partial charge on any atom is -0.451 e. The summed E-state index contributed by atoms with van der Waals surface area (Å²) in [5, 5.41) is 0. The molecule has 0 aromatic heterocycles. The quantitative estimate of drug-likeness (QED) is 0.163. The van der Waals surface area contributed by atoms with E-state index in [0.29, 0.717) is 30.6 Å². The molecule has 1 aliphatic heterocycles. The Kier molecular flexibility index (Phi) is 8.36. The Bertz CT molecular complexity index is 1670. The van der Waals surface area contributed by atoms with Gasteiger partial charge in [0.05, 0.1) is 5.69 Å². The highest BCUT2D eigenvalue weighted by atomic mass is 16.5. The molecule has 0 bridgehead atoms. The number of hydrogen-bond donors (Lipinski definition) is 0. The maximum Gasteiger partial charge on any atom is 0.300 e. The third-order valence-electron chi connectivity index (χ3n) is 7.41. The van der Waals surface area contributed by atoms with Gasteiger partial charge in [0.2, 0.25) is 0 Å². The minimum absolute atomic E-state index is 0.141. The number of benzene rings is 5. The summed E-state index contributed by atoms with van der Waals surface area (Å²) in [6.07, 6.45) is 1.09. The molecule has 6 nitrogen and oxygen atoms in total. The first kappa shape index (κ1) is 27.7. The van der Waals surface area contributed by atoms with Gasteiger partial charge in [-0.2, -0.15) is 4.99 Å². The third kappa shape index (κ3) is 6.39. The second-order valence-electron chi connectivity index (χ2n) is 10.3. The van der Waals surface area contributed by atoms with Crippen molar-refractivity contribution in [3.05, 3.63) is 156 Å². The summed E-state index contributed by atoms with van der Waals surface area (Å²) < 4.78 is 6.20. The summed E-state index contributed by atoms with van der Waals surface area (Å²) >= 11 is 0. The molecule has 1 amide bonds. The molecular formula is C37H31N3O3. The highest BCUT2D eigenvalue weighted by Crippen LogP contribution is 2.34. The van der Waals surface area contributed by atoms with Crippen LogP contribution in [0.4, 0.5) is 22.7 Å². The average Bonchev–Trinajstić information content (AvgIpc) is 3.35. The van der Waals surface area contributed by atoms with E-state index in [-0.39, 0.29) is 11.9 Å². The molecule has 0 radical (unpaired) electrons. The molecule has 0 saturated carbocycles. The van der Waals surface area contributed by atoms with E-state index >= 15 is 0 Å². The standard InChI is InChI=1S/C37H31N3O3/c41-27-30-14-10-11-19-34(30)38-37-39(25-24-28-12-4-1-5-13-28)36(42)35(43-37)26-29-20-22-33(23-21-29)40(31-15-6-2-7-16-31)32-17-8-3-9-18-32/h1-23,27,35H,24-26H2.